The standard InChI is InChI=1S/C14H15O4PS/c1-10(12-8-5-9-20-12)14(13(15)16,19(17)18)11-6-3-2-4-7-11/h2-10,19H,1H3,(H,15,16)(H,17,18). The van der Waals surface area contributed by atoms with Gasteiger partial charge >= 0.3 is 5.97 Å². The highest BCUT2D eigenvalue weighted by Crippen LogP contribution is 2.54. The third-order valence-corrected chi connectivity index (χ3v) is 6.19. The fraction of sp³-hybridized carbons (Fsp3) is 0.214. The number of aliphatic carboxylic acids is 1. The Hall–Kier alpha value is -1.42. The van der Waals surface area contributed by atoms with E-state index in [1.165, 1.54) is 11.3 Å². The summed E-state index contributed by atoms with van der Waals surface area (Å²) in [5.74, 6) is -1.85. The number of carboxylic acid groups (broad SMARTS) is 1. The molecule has 1 aromatic heterocycles. The summed E-state index contributed by atoms with van der Waals surface area (Å²) in [4.78, 5) is 22.5. The number of carbonyl (C=O) groups is 1. The summed E-state index contributed by atoms with van der Waals surface area (Å²) >= 11 is 1.39. The SMILES string of the molecule is CC(c1cccs1)C(C(=O)O)(c1ccccc1)[PH](=O)O. The molecule has 0 fully saturated rings. The molecule has 3 atom stereocenters. The van der Waals surface area contributed by atoms with Crippen molar-refractivity contribution < 1.29 is 19.4 Å². The number of thiophene rings is 1. The van der Waals surface area contributed by atoms with Crippen molar-refractivity contribution in [3.05, 3.63) is 58.3 Å². The van der Waals surface area contributed by atoms with E-state index in [4.69, 9.17) is 0 Å². The number of hydrogen-bond donors (Lipinski definition) is 2. The molecule has 2 aromatic rings. The van der Waals surface area contributed by atoms with Crippen LogP contribution in [0, 0.1) is 0 Å². The minimum Gasteiger partial charge on any atom is -0.480 e. The van der Waals surface area contributed by atoms with E-state index >= 15 is 0 Å². The summed E-state index contributed by atoms with van der Waals surface area (Å²) in [6, 6.07) is 11.9. The molecule has 0 aliphatic carbocycles. The third-order valence-electron chi connectivity index (χ3n) is 3.52. The van der Waals surface area contributed by atoms with E-state index in [1.54, 1.807) is 43.3 Å². The monoisotopic (exact) mass is 310 g/mol. The molecular formula is C14H15O4PS. The normalized spacial score (nSPS) is 17.1. The highest BCUT2D eigenvalue weighted by Gasteiger charge is 2.51. The number of carboxylic acids is 1. The lowest BCUT2D eigenvalue weighted by atomic mass is 9.85. The molecule has 0 bridgehead atoms. The predicted octanol–water partition coefficient (Wildman–Crippen LogP) is 3.30. The molecule has 0 saturated carbocycles. The van der Waals surface area contributed by atoms with Gasteiger partial charge in [-0.25, -0.2) is 0 Å². The average molecular weight is 310 g/mol. The summed E-state index contributed by atoms with van der Waals surface area (Å²) in [7, 11) is -3.35. The van der Waals surface area contributed by atoms with Gasteiger partial charge in [0.25, 0.3) is 0 Å². The van der Waals surface area contributed by atoms with E-state index in [9.17, 15) is 19.4 Å². The van der Waals surface area contributed by atoms with Crippen molar-refractivity contribution in [2.24, 2.45) is 0 Å². The van der Waals surface area contributed by atoms with Gasteiger partial charge < -0.3 is 10.00 Å². The number of hydrogen-bond acceptors (Lipinski definition) is 3. The molecule has 0 radical (unpaired) electrons. The van der Waals surface area contributed by atoms with Crippen LogP contribution in [0.3, 0.4) is 0 Å². The first-order chi connectivity index (χ1) is 9.51. The summed E-state index contributed by atoms with van der Waals surface area (Å²) in [6.07, 6.45) is 0. The predicted molar refractivity (Wildman–Crippen MR) is 79.7 cm³/mol. The van der Waals surface area contributed by atoms with Crippen LogP contribution in [0.2, 0.25) is 0 Å². The molecule has 0 spiro atoms. The largest absolute Gasteiger partial charge is 0.480 e. The zero-order valence-corrected chi connectivity index (χ0v) is 12.6. The zero-order valence-electron chi connectivity index (χ0n) is 10.8. The van der Waals surface area contributed by atoms with Crippen LogP contribution in [0.5, 0.6) is 0 Å². The Morgan fingerprint density at radius 2 is 1.90 bits per heavy atom. The highest BCUT2D eigenvalue weighted by molar-refractivity contribution is 7.41. The third kappa shape index (κ3) is 2.33. The second kappa shape index (κ2) is 5.92. The van der Waals surface area contributed by atoms with Gasteiger partial charge in [0.05, 0.1) is 0 Å². The Kier molecular flexibility index (Phi) is 4.43. The number of rotatable bonds is 5. The maximum absolute atomic E-state index is 12.0. The lowest BCUT2D eigenvalue weighted by Gasteiger charge is -2.32. The maximum atomic E-state index is 12.0. The summed E-state index contributed by atoms with van der Waals surface area (Å²) in [5.41, 5.74) is 0.361. The van der Waals surface area contributed by atoms with Crippen LogP contribution in [0.1, 0.15) is 23.3 Å². The Bertz CT molecular complexity index is 595. The smallest absolute Gasteiger partial charge is 0.324 e. The summed E-state index contributed by atoms with van der Waals surface area (Å²) < 4.78 is 12.0. The second-order valence-electron chi connectivity index (χ2n) is 4.52. The molecular weight excluding hydrogens is 295 g/mol. The molecule has 4 nitrogen and oxygen atoms in total. The van der Waals surface area contributed by atoms with Crippen molar-refractivity contribution in [1.29, 1.82) is 0 Å². The summed E-state index contributed by atoms with van der Waals surface area (Å²) in [5, 5.41) is 9.72. The van der Waals surface area contributed by atoms with Crippen molar-refractivity contribution in [2.45, 2.75) is 18.0 Å². The molecule has 1 aromatic carbocycles. The quantitative estimate of drug-likeness (QED) is 0.831. The van der Waals surface area contributed by atoms with Crippen LogP contribution >= 0.6 is 19.4 Å². The molecule has 106 valence electrons. The topological polar surface area (TPSA) is 74.6 Å². The molecule has 0 aliphatic heterocycles. The van der Waals surface area contributed by atoms with Crippen molar-refractivity contribution in [1.82, 2.24) is 0 Å². The van der Waals surface area contributed by atoms with Crippen molar-refractivity contribution in [2.75, 3.05) is 0 Å². The molecule has 6 heteroatoms. The van der Waals surface area contributed by atoms with Gasteiger partial charge in [-0.05, 0) is 17.0 Å². The minimum absolute atomic E-state index is 0.361. The molecule has 1 heterocycles. The Morgan fingerprint density at radius 3 is 2.35 bits per heavy atom. The summed E-state index contributed by atoms with van der Waals surface area (Å²) in [6.45, 7) is 1.69. The first-order valence-corrected chi connectivity index (χ1v) is 8.30. The van der Waals surface area contributed by atoms with E-state index in [0.29, 0.717) is 5.56 Å². The Balaban J connectivity index is 2.66. The maximum Gasteiger partial charge on any atom is 0.324 e. The average Bonchev–Trinajstić information content (AvgIpc) is 2.93. The van der Waals surface area contributed by atoms with Gasteiger partial charge in [-0.15, -0.1) is 11.3 Å². The molecule has 2 rings (SSSR count). The van der Waals surface area contributed by atoms with E-state index in [0.717, 1.165) is 4.88 Å². The number of benzene rings is 1. The highest BCUT2D eigenvalue weighted by atomic mass is 32.1. The first-order valence-electron chi connectivity index (χ1n) is 6.07. The molecule has 2 N–H and O–H groups in total. The first kappa shape index (κ1) is 15.0. The van der Waals surface area contributed by atoms with Crippen molar-refractivity contribution in [3.8, 4) is 0 Å². The van der Waals surface area contributed by atoms with E-state index in [2.05, 4.69) is 0 Å². The van der Waals surface area contributed by atoms with Crippen LogP contribution in [0.25, 0.3) is 0 Å². The fourth-order valence-corrected chi connectivity index (χ4v) is 4.49. The van der Waals surface area contributed by atoms with Crippen molar-refractivity contribution in [3.63, 3.8) is 0 Å². The van der Waals surface area contributed by atoms with Gasteiger partial charge in [0.1, 0.15) is 0 Å². The fourth-order valence-electron chi connectivity index (χ4n) is 2.41. The van der Waals surface area contributed by atoms with Crippen LogP contribution in [0.4, 0.5) is 0 Å². The van der Waals surface area contributed by atoms with Gasteiger partial charge in [0.2, 0.25) is 8.03 Å². The van der Waals surface area contributed by atoms with Gasteiger partial charge in [-0.3, -0.25) is 9.36 Å². The van der Waals surface area contributed by atoms with Crippen LogP contribution < -0.4 is 0 Å². The van der Waals surface area contributed by atoms with E-state index < -0.39 is 25.1 Å². The van der Waals surface area contributed by atoms with Crippen molar-refractivity contribution >= 4 is 25.3 Å². The van der Waals surface area contributed by atoms with Gasteiger partial charge in [0.15, 0.2) is 5.16 Å². The lowest BCUT2D eigenvalue weighted by Crippen LogP contribution is -2.37. The van der Waals surface area contributed by atoms with Gasteiger partial charge in [-0.2, -0.15) is 0 Å². The molecule has 0 amide bonds. The Morgan fingerprint density at radius 1 is 1.25 bits per heavy atom. The van der Waals surface area contributed by atoms with Crippen LogP contribution in [-0.4, -0.2) is 16.0 Å². The Labute approximate surface area is 121 Å². The zero-order chi connectivity index (χ0) is 14.8. The molecule has 20 heavy (non-hydrogen) atoms. The van der Waals surface area contributed by atoms with E-state index in [1.807, 2.05) is 11.4 Å². The van der Waals surface area contributed by atoms with Gasteiger partial charge in [-0.1, -0.05) is 43.3 Å². The molecule has 0 saturated heterocycles. The molecule has 0 aliphatic rings. The van der Waals surface area contributed by atoms with Crippen LogP contribution in [0.15, 0.2) is 47.8 Å². The second-order valence-corrected chi connectivity index (χ2v) is 6.90. The lowest BCUT2D eigenvalue weighted by molar-refractivity contribution is -0.141. The van der Waals surface area contributed by atoms with Crippen LogP contribution in [-0.2, 0) is 14.5 Å². The minimum atomic E-state index is -3.35. The molecule has 3 unspecified atom stereocenters. The van der Waals surface area contributed by atoms with Gasteiger partial charge in [0, 0.05) is 10.8 Å². The van der Waals surface area contributed by atoms with E-state index in [-0.39, 0.29) is 0 Å².